The predicted molar refractivity (Wildman–Crippen MR) is 405 cm³/mol. The van der Waals surface area contributed by atoms with Gasteiger partial charge in [-0.15, -0.1) is 0 Å². The van der Waals surface area contributed by atoms with E-state index >= 15 is 0 Å². The van der Waals surface area contributed by atoms with E-state index in [0.717, 1.165) is 106 Å². The normalized spacial score (nSPS) is 34.4. The van der Waals surface area contributed by atoms with Crippen molar-refractivity contribution in [2.24, 2.45) is 110 Å². The number of esters is 8. The number of hydrogen-bond acceptors (Lipinski definition) is 16. The minimum atomic E-state index is -0.550. The summed E-state index contributed by atoms with van der Waals surface area (Å²) in [5.41, 5.74) is -3.22. The number of fused-ring (bicyclic) bond motifs is 2. The maximum absolute atomic E-state index is 12.9. The molecule has 15 fully saturated rings. The summed E-state index contributed by atoms with van der Waals surface area (Å²) in [5.74, 6) is 6.69. The van der Waals surface area contributed by atoms with E-state index < -0.39 is 21.7 Å². The Balaban J connectivity index is 0.000000347. The van der Waals surface area contributed by atoms with Gasteiger partial charge in [-0.1, -0.05) is 86.1 Å². The first-order valence-corrected chi connectivity index (χ1v) is 38.7. The molecule has 0 amide bonds. The van der Waals surface area contributed by atoms with Crippen LogP contribution in [0.2, 0.25) is 0 Å². The minimum Gasteiger partial charge on any atom is -0.465 e. The molecule has 102 heavy (non-hydrogen) atoms. The first-order chi connectivity index (χ1) is 45.1. The van der Waals surface area contributed by atoms with Gasteiger partial charge >= 0.3 is 47.8 Å². The van der Waals surface area contributed by atoms with E-state index in [9.17, 15) is 38.4 Å². The SMILES string of the molecule is C.C.C.C.C.C.CCC(C)(C)C(=O)OCC(=O)OC1(C)C2CC3CC(C2)CC1C3.CCC(C)(C)C(=O)OCC(=O)OC1(CC)C2CC3CC(C2)CC1C3.CCC(C)(C)C(=O)OCCC(=O)OC1(C)C2CC3CC(C2)CC1C3.CCC1(OC(=O)C2CC3CC(OC(=O)C(C)(C)CC)C2C3)CCCC1. The Kier molecular flexibility index (Phi) is 33.0. The molecule has 15 saturated carbocycles. The molecule has 4 unspecified atom stereocenters. The first kappa shape index (κ1) is 92.0. The molecule has 0 radical (unpaired) electrons. The minimum absolute atomic E-state index is 0. The van der Waals surface area contributed by atoms with Crippen molar-refractivity contribution in [2.75, 3.05) is 19.8 Å². The van der Waals surface area contributed by atoms with Crippen LogP contribution in [0.5, 0.6) is 0 Å². The maximum atomic E-state index is 12.9. The van der Waals surface area contributed by atoms with E-state index in [2.05, 4.69) is 27.7 Å². The van der Waals surface area contributed by atoms with Gasteiger partial charge < -0.3 is 37.9 Å². The quantitative estimate of drug-likeness (QED) is 0.0688. The van der Waals surface area contributed by atoms with Crippen molar-refractivity contribution in [2.45, 2.75) is 370 Å². The second kappa shape index (κ2) is 36.6. The molecule has 0 aromatic rings. The van der Waals surface area contributed by atoms with Gasteiger partial charge in [0, 0.05) is 5.92 Å². The highest BCUT2D eigenvalue weighted by Gasteiger charge is 2.61. The van der Waals surface area contributed by atoms with Crippen molar-refractivity contribution in [1.82, 2.24) is 0 Å². The second-order valence-corrected chi connectivity index (χ2v) is 36.0. The highest BCUT2D eigenvalue weighted by atomic mass is 16.6. The molecule has 592 valence electrons. The van der Waals surface area contributed by atoms with Crippen molar-refractivity contribution in [3.05, 3.63) is 0 Å². The molecule has 0 N–H and O–H groups in total. The fourth-order valence-electron chi connectivity index (χ4n) is 20.6. The lowest BCUT2D eigenvalue weighted by Crippen LogP contribution is -2.59. The summed E-state index contributed by atoms with van der Waals surface area (Å²) in [4.78, 5) is 98.3. The van der Waals surface area contributed by atoms with Gasteiger partial charge in [-0.25, -0.2) is 9.59 Å². The van der Waals surface area contributed by atoms with Crippen LogP contribution in [0.25, 0.3) is 0 Å². The summed E-state index contributed by atoms with van der Waals surface area (Å²) >= 11 is 0. The number of ether oxygens (including phenoxy) is 8. The van der Waals surface area contributed by atoms with Crippen LogP contribution in [-0.2, 0) is 76.3 Å². The van der Waals surface area contributed by atoms with Gasteiger partial charge in [-0.3, -0.25) is 28.8 Å². The molecule has 0 aromatic carbocycles. The Bertz CT molecular complexity index is 2680. The van der Waals surface area contributed by atoms with Crippen molar-refractivity contribution < 1.29 is 76.3 Å². The second-order valence-electron chi connectivity index (χ2n) is 36.0. The zero-order valence-corrected chi connectivity index (χ0v) is 62.4. The topological polar surface area (TPSA) is 210 Å². The lowest BCUT2D eigenvalue weighted by molar-refractivity contribution is -0.214. The van der Waals surface area contributed by atoms with Gasteiger partial charge in [0.15, 0.2) is 13.2 Å². The van der Waals surface area contributed by atoms with Crippen LogP contribution in [0.4, 0.5) is 0 Å². The van der Waals surface area contributed by atoms with Gasteiger partial charge in [0.25, 0.3) is 0 Å². The van der Waals surface area contributed by atoms with Crippen LogP contribution in [0, 0.1) is 110 Å². The predicted octanol–water partition coefficient (Wildman–Crippen LogP) is 20.4. The van der Waals surface area contributed by atoms with E-state index in [1.165, 1.54) is 96.3 Å². The van der Waals surface area contributed by atoms with Crippen LogP contribution in [0.15, 0.2) is 0 Å². The molecule has 14 bridgehead atoms. The van der Waals surface area contributed by atoms with E-state index in [4.69, 9.17) is 37.9 Å². The maximum Gasteiger partial charge on any atom is 0.344 e. The molecular formula is C86H152O16. The standard InChI is InChI=1S/C21H34O4.2C20H32O4.C19H30O4.6CH4/c1-5-20(3,4)19(23)24-17-13-14-11-15(17)16(12-14)18(22)25-21(6-2)9-7-8-10-21;1-5-19(2,3)18(22)23-7-6-17(21)24-20(4)15-9-13-8-14(11-15)12-16(20)10-13;1-5-19(3,4)18(22)23-12-17(21)24-20(6-2)15-8-13-7-14(10-15)11-16(20)9-13;1-5-18(2,3)17(21)22-11-16(20)23-19(4)14-7-12-6-13(9-14)10-15(19)8-12;;;;;;/h14-17H,5-13H2,1-4H3;2*13-16H,5-12H2,1-4H3;12-15H,5-11H2,1-4H3;6*1H4. The average Bonchev–Trinajstić information content (AvgIpc) is 0.790. The highest BCUT2D eigenvalue weighted by Crippen LogP contribution is 2.63. The smallest absolute Gasteiger partial charge is 0.344 e. The third-order valence-corrected chi connectivity index (χ3v) is 28.3. The fraction of sp³-hybridized carbons (Fsp3) is 0.907. The van der Waals surface area contributed by atoms with Gasteiger partial charge in [0.05, 0.1) is 34.0 Å². The molecular weight excluding hydrogens is 1290 g/mol. The number of rotatable bonds is 23. The Morgan fingerprint density at radius 1 is 0.363 bits per heavy atom. The summed E-state index contributed by atoms with van der Waals surface area (Å²) in [6.45, 7) is 30.9. The molecule has 0 saturated heterocycles. The van der Waals surface area contributed by atoms with Crippen molar-refractivity contribution >= 4 is 47.8 Å². The third kappa shape index (κ3) is 20.1. The molecule has 4 atom stereocenters. The molecule has 0 aliphatic heterocycles. The van der Waals surface area contributed by atoms with Crippen LogP contribution in [-0.4, -0.2) is 96.1 Å². The monoisotopic (exact) mass is 1440 g/mol. The number of hydrogen-bond donors (Lipinski definition) is 0. The Morgan fingerprint density at radius 2 is 0.696 bits per heavy atom. The van der Waals surface area contributed by atoms with Crippen molar-refractivity contribution in [3.63, 3.8) is 0 Å². The Labute approximate surface area is 621 Å². The molecule has 0 heterocycles. The zero-order valence-electron chi connectivity index (χ0n) is 62.4. The fourth-order valence-corrected chi connectivity index (χ4v) is 20.6. The first-order valence-electron chi connectivity index (χ1n) is 38.7. The molecule has 16 nitrogen and oxygen atoms in total. The van der Waals surface area contributed by atoms with Gasteiger partial charge in [-0.05, 0) is 326 Å². The number of carbonyl (C=O) groups excluding carboxylic acids is 8. The Morgan fingerprint density at radius 3 is 1.05 bits per heavy atom. The highest BCUT2D eigenvalue weighted by molar-refractivity contribution is 5.81. The molecule has 0 aromatic heterocycles. The van der Waals surface area contributed by atoms with E-state index in [1.54, 1.807) is 0 Å². The third-order valence-electron chi connectivity index (χ3n) is 28.3. The van der Waals surface area contributed by atoms with Crippen molar-refractivity contribution in [3.8, 4) is 0 Å². The van der Waals surface area contributed by atoms with Crippen LogP contribution >= 0.6 is 0 Å². The van der Waals surface area contributed by atoms with E-state index in [-0.39, 0.29) is 159 Å². The summed E-state index contributed by atoms with van der Waals surface area (Å²) in [7, 11) is 0. The molecule has 15 aliphatic rings. The number of carbonyl (C=O) groups is 8. The van der Waals surface area contributed by atoms with Crippen LogP contribution in [0.1, 0.15) is 342 Å². The largest absolute Gasteiger partial charge is 0.465 e. The van der Waals surface area contributed by atoms with Crippen LogP contribution < -0.4 is 0 Å². The van der Waals surface area contributed by atoms with E-state index in [0.29, 0.717) is 54.3 Å². The van der Waals surface area contributed by atoms with Crippen molar-refractivity contribution in [1.29, 1.82) is 0 Å². The lowest BCUT2D eigenvalue weighted by Gasteiger charge is -2.60. The van der Waals surface area contributed by atoms with Gasteiger partial charge in [0.2, 0.25) is 0 Å². The van der Waals surface area contributed by atoms with E-state index in [1.807, 2.05) is 83.1 Å². The molecule has 15 aliphatic carbocycles. The van der Waals surface area contributed by atoms with Gasteiger partial charge in [-0.2, -0.15) is 0 Å². The van der Waals surface area contributed by atoms with Gasteiger partial charge in [0.1, 0.15) is 35.1 Å². The lowest BCUT2D eigenvalue weighted by atomic mass is 9.49. The average molecular weight is 1440 g/mol. The summed E-state index contributed by atoms with van der Waals surface area (Å²) < 4.78 is 45.5. The molecule has 16 heteroatoms. The summed E-state index contributed by atoms with van der Waals surface area (Å²) in [6.07, 6.45) is 30.5. The van der Waals surface area contributed by atoms with Crippen LogP contribution in [0.3, 0.4) is 0 Å². The zero-order chi connectivity index (χ0) is 70.1. The molecule has 15 rings (SSSR count). The Hall–Kier alpha value is -4.24. The summed E-state index contributed by atoms with van der Waals surface area (Å²) in [5, 5.41) is 0. The molecule has 0 spiro atoms. The summed E-state index contributed by atoms with van der Waals surface area (Å²) in [6, 6.07) is 0.